The van der Waals surface area contributed by atoms with Crippen LogP contribution in [0.5, 0.6) is 0 Å². The molecule has 3 aromatic heterocycles. The lowest BCUT2D eigenvalue weighted by molar-refractivity contribution is 1.10. The molecule has 0 unspecified atom stereocenters. The molecule has 6 rings (SSSR count). The average Bonchev–Trinajstić information content (AvgIpc) is 3.21. The van der Waals surface area contributed by atoms with Crippen molar-refractivity contribution in [1.82, 2.24) is 4.40 Å². The number of rotatable bonds is 2. The summed E-state index contributed by atoms with van der Waals surface area (Å²) in [6.45, 7) is 2.10. The number of nitrogens with zero attached hydrogens (tertiary/aromatic N) is 1. The maximum Gasteiger partial charge on any atom is 0.263 e. The maximum absolute atomic E-state index is 13.9. The summed E-state index contributed by atoms with van der Waals surface area (Å²) in [5.74, 6) is 0. The van der Waals surface area contributed by atoms with E-state index in [1.165, 1.54) is 15.5 Å². The maximum atomic E-state index is 13.9. The highest BCUT2D eigenvalue weighted by Gasteiger charge is 2.18. The second-order valence-corrected chi connectivity index (χ2v) is 8.89. The number of aromatic nitrogens is 1. The van der Waals surface area contributed by atoms with Crippen molar-refractivity contribution in [1.29, 1.82) is 0 Å². The van der Waals surface area contributed by atoms with E-state index in [2.05, 4.69) is 49.4 Å². The third-order valence-electron chi connectivity index (χ3n) is 5.94. The summed E-state index contributed by atoms with van der Waals surface area (Å²) in [5.41, 5.74) is 5.80. The molecule has 0 fully saturated rings. The van der Waals surface area contributed by atoms with Gasteiger partial charge in [0.15, 0.2) is 0 Å². The fourth-order valence-corrected chi connectivity index (χ4v) is 5.81. The van der Waals surface area contributed by atoms with Gasteiger partial charge in [0.2, 0.25) is 0 Å². The van der Waals surface area contributed by atoms with Gasteiger partial charge in [0.05, 0.1) is 15.8 Å². The molecule has 3 heteroatoms. The van der Waals surface area contributed by atoms with Gasteiger partial charge in [0.1, 0.15) is 0 Å². The smallest absolute Gasteiger partial charge is 0.263 e. The van der Waals surface area contributed by atoms with Crippen LogP contribution in [0, 0.1) is 6.92 Å². The molecule has 0 N–H and O–H groups in total. The van der Waals surface area contributed by atoms with Crippen LogP contribution in [0.25, 0.3) is 47.9 Å². The average molecular weight is 418 g/mol. The van der Waals surface area contributed by atoms with Gasteiger partial charge >= 0.3 is 0 Å². The molecule has 0 aliphatic carbocycles. The van der Waals surface area contributed by atoms with Gasteiger partial charge in [0, 0.05) is 21.7 Å². The fraction of sp³-hybridized carbons (Fsp3) is 0.0357. The van der Waals surface area contributed by atoms with Crippen molar-refractivity contribution in [3.05, 3.63) is 113 Å². The van der Waals surface area contributed by atoms with Gasteiger partial charge in [0.25, 0.3) is 5.56 Å². The lowest BCUT2D eigenvalue weighted by Crippen LogP contribution is -2.17. The topological polar surface area (TPSA) is 21.5 Å². The minimum Gasteiger partial charge on any atom is -0.282 e. The molecule has 0 aliphatic rings. The molecule has 148 valence electrons. The first-order valence-corrected chi connectivity index (χ1v) is 11.1. The van der Waals surface area contributed by atoms with Crippen LogP contribution in [0.4, 0.5) is 0 Å². The first-order valence-electron chi connectivity index (χ1n) is 10.3. The van der Waals surface area contributed by atoms with Crippen molar-refractivity contribution >= 4 is 37.0 Å². The van der Waals surface area contributed by atoms with Crippen LogP contribution in [-0.4, -0.2) is 4.40 Å². The Kier molecular flexibility index (Phi) is 4.05. The zero-order valence-electron chi connectivity index (χ0n) is 17.0. The number of benzene rings is 3. The van der Waals surface area contributed by atoms with Gasteiger partial charge in [-0.05, 0) is 41.3 Å². The van der Waals surface area contributed by atoms with Crippen molar-refractivity contribution < 1.29 is 0 Å². The zero-order valence-corrected chi connectivity index (χ0v) is 17.8. The van der Waals surface area contributed by atoms with Gasteiger partial charge in [-0.15, -0.1) is 11.3 Å². The Labute approximate surface area is 183 Å². The molecule has 0 amide bonds. The van der Waals surface area contributed by atoms with Gasteiger partial charge in [-0.1, -0.05) is 78.9 Å². The fourth-order valence-electron chi connectivity index (χ4n) is 4.53. The summed E-state index contributed by atoms with van der Waals surface area (Å²) in [5, 5.41) is 2.50. The molecular formula is C28H19NOS. The summed E-state index contributed by atoms with van der Waals surface area (Å²) in [4.78, 5) is 13.9. The van der Waals surface area contributed by atoms with Gasteiger partial charge in [-0.2, -0.15) is 0 Å². The molecule has 0 saturated heterocycles. The lowest BCUT2D eigenvalue weighted by Gasteiger charge is -2.14. The monoisotopic (exact) mass is 417 g/mol. The molecule has 3 aromatic carbocycles. The predicted octanol–water partition coefficient (Wildman–Crippen LogP) is 7.31. The first kappa shape index (κ1) is 18.1. The van der Waals surface area contributed by atoms with E-state index in [9.17, 15) is 4.79 Å². The van der Waals surface area contributed by atoms with Crippen molar-refractivity contribution in [3.63, 3.8) is 0 Å². The lowest BCUT2D eigenvalue weighted by atomic mass is 9.95. The molecule has 31 heavy (non-hydrogen) atoms. The Hall–Kier alpha value is -3.69. The van der Waals surface area contributed by atoms with E-state index in [0.717, 1.165) is 38.0 Å². The number of hydrogen-bond acceptors (Lipinski definition) is 2. The zero-order chi connectivity index (χ0) is 20.9. The van der Waals surface area contributed by atoms with Crippen molar-refractivity contribution in [2.24, 2.45) is 0 Å². The van der Waals surface area contributed by atoms with Crippen molar-refractivity contribution in [2.75, 3.05) is 0 Å². The van der Waals surface area contributed by atoms with E-state index in [1.54, 1.807) is 11.3 Å². The first-order chi connectivity index (χ1) is 15.2. The van der Waals surface area contributed by atoms with E-state index in [-0.39, 0.29) is 5.56 Å². The van der Waals surface area contributed by atoms with Crippen molar-refractivity contribution in [3.8, 4) is 22.3 Å². The van der Waals surface area contributed by atoms with Crippen LogP contribution in [0.15, 0.2) is 102 Å². The minimum absolute atomic E-state index is 0.0185. The van der Waals surface area contributed by atoms with E-state index in [4.69, 9.17) is 0 Å². The minimum atomic E-state index is 0.0185. The highest BCUT2D eigenvalue weighted by molar-refractivity contribution is 7.26. The predicted molar refractivity (Wildman–Crippen MR) is 132 cm³/mol. The van der Waals surface area contributed by atoms with Crippen LogP contribution in [0.3, 0.4) is 0 Å². The van der Waals surface area contributed by atoms with Crippen LogP contribution >= 0.6 is 11.3 Å². The number of hydrogen-bond donors (Lipinski definition) is 0. The Balaban J connectivity index is 1.83. The summed E-state index contributed by atoms with van der Waals surface area (Å²) in [6, 6.07) is 30.9. The highest BCUT2D eigenvalue weighted by Crippen LogP contribution is 2.40. The van der Waals surface area contributed by atoms with E-state index >= 15 is 0 Å². The van der Waals surface area contributed by atoms with Crippen LogP contribution < -0.4 is 5.56 Å². The Morgan fingerprint density at radius 2 is 1.42 bits per heavy atom. The molecule has 0 spiro atoms. The molecule has 2 nitrogen and oxygen atoms in total. The third-order valence-corrected chi connectivity index (χ3v) is 7.13. The molecule has 0 radical (unpaired) electrons. The molecule has 0 aliphatic heterocycles. The normalized spacial score (nSPS) is 11.5. The van der Waals surface area contributed by atoms with Crippen LogP contribution in [0.1, 0.15) is 5.56 Å². The van der Waals surface area contributed by atoms with E-state index in [1.807, 2.05) is 59.1 Å². The number of thiophene rings is 1. The molecular weight excluding hydrogens is 398 g/mol. The van der Waals surface area contributed by atoms with Gasteiger partial charge in [-0.3, -0.25) is 9.20 Å². The summed E-state index contributed by atoms with van der Waals surface area (Å²) < 4.78 is 4.24. The second-order valence-electron chi connectivity index (χ2n) is 7.84. The van der Waals surface area contributed by atoms with Gasteiger partial charge in [-0.25, -0.2) is 0 Å². The van der Waals surface area contributed by atoms with E-state index in [0.29, 0.717) is 0 Å². The highest BCUT2D eigenvalue weighted by atomic mass is 32.1. The molecule has 3 heterocycles. The third kappa shape index (κ3) is 2.74. The molecule has 6 aromatic rings. The summed E-state index contributed by atoms with van der Waals surface area (Å²) >= 11 is 1.76. The summed E-state index contributed by atoms with van der Waals surface area (Å²) in [6.07, 6.45) is 2.00. The number of fused-ring (bicyclic) bond motifs is 5. The number of pyridine rings is 2. The SMILES string of the molecule is Cc1cn2c(=O)c(-c3ccccc3)c(-c3ccccc3)cc2c2sc3ccccc3c12. The Morgan fingerprint density at radius 1 is 0.774 bits per heavy atom. The Morgan fingerprint density at radius 3 is 2.16 bits per heavy atom. The van der Waals surface area contributed by atoms with Crippen LogP contribution in [-0.2, 0) is 0 Å². The largest absolute Gasteiger partial charge is 0.282 e. The molecule has 0 saturated carbocycles. The Bertz CT molecular complexity index is 1640. The number of aryl methyl sites for hydroxylation is 1. The van der Waals surface area contributed by atoms with Gasteiger partial charge < -0.3 is 0 Å². The molecule has 0 bridgehead atoms. The van der Waals surface area contributed by atoms with Crippen LogP contribution in [0.2, 0.25) is 0 Å². The second kappa shape index (κ2) is 6.93. The summed E-state index contributed by atoms with van der Waals surface area (Å²) in [7, 11) is 0. The van der Waals surface area contributed by atoms with Crippen molar-refractivity contribution in [2.45, 2.75) is 6.92 Å². The quantitative estimate of drug-likeness (QED) is 0.289. The molecule has 0 atom stereocenters. The van der Waals surface area contributed by atoms with E-state index < -0.39 is 0 Å². The standard InChI is InChI=1S/C28H19NOS/c1-18-17-29-23(27-25(18)21-14-8-9-15-24(21)31-27)16-22(19-10-4-2-5-11-19)26(28(29)30)20-12-6-3-7-13-20/h2-17H,1H3.